The molecule has 1 aliphatic rings. The largest absolute Gasteiger partial charge is 0.295 e. The Balaban J connectivity index is 1.54. The molecule has 1 aliphatic heterocycles. The second-order valence-corrected chi connectivity index (χ2v) is 9.33. The van der Waals surface area contributed by atoms with Gasteiger partial charge in [0.05, 0.1) is 33.0 Å². The molecule has 1 atom stereocenters. The number of piperidine rings is 1. The molecule has 0 radical (unpaired) electrons. The third kappa shape index (κ3) is 5.04. The number of benzene rings is 2. The molecule has 4 aromatic rings. The summed E-state index contributed by atoms with van der Waals surface area (Å²) in [4.78, 5) is 25.3. The summed E-state index contributed by atoms with van der Waals surface area (Å²) in [5.41, 5.74) is 2.29. The Morgan fingerprint density at radius 2 is 1.91 bits per heavy atom. The molecule has 0 spiro atoms. The number of likely N-dealkylation sites (tertiary alicyclic amines) is 1. The van der Waals surface area contributed by atoms with Gasteiger partial charge in [-0.25, -0.2) is 9.37 Å². The quantitative estimate of drug-likeness (QED) is 0.339. The van der Waals surface area contributed by atoms with Crippen molar-refractivity contribution in [3.63, 3.8) is 0 Å². The van der Waals surface area contributed by atoms with Crippen molar-refractivity contribution in [1.82, 2.24) is 19.4 Å². The van der Waals surface area contributed by atoms with E-state index in [1.165, 1.54) is 42.0 Å². The summed E-state index contributed by atoms with van der Waals surface area (Å²) in [7, 11) is 0. The molecule has 178 valence electrons. The van der Waals surface area contributed by atoms with Gasteiger partial charge in [0.2, 0.25) is 0 Å². The second-order valence-electron chi connectivity index (χ2n) is 8.93. The van der Waals surface area contributed by atoms with Crippen molar-refractivity contribution in [3.8, 4) is 5.69 Å². The molecule has 7 heteroatoms. The van der Waals surface area contributed by atoms with Gasteiger partial charge >= 0.3 is 0 Å². The number of aromatic nitrogens is 3. The average Bonchev–Trinajstić information content (AvgIpc) is 2.86. The molecular formula is C28H26ClFN4O. The molecule has 1 saturated heterocycles. The van der Waals surface area contributed by atoms with Crippen LogP contribution in [0.2, 0.25) is 5.02 Å². The number of nitrogens with zero attached hydrogens (tertiary/aromatic N) is 4. The Bertz CT molecular complexity index is 1470. The van der Waals surface area contributed by atoms with Crippen LogP contribution in [-0.2, 0) is 6.54 Å². The molecule has 3 heterocycles. The fourth-order valence-electron chi connectivity index (χ4n) is 4.59. The van der Waals surface area contributed by atoms with Gasteiger partial charge in [-0.3, -0.25) is 19.2 Å². The third-order valence-electron chi connectivity index (χ3n) is 6.49. The molecule has 5 rings (SSSR count). The van der Waals surface area contributed by atoms with E-state index >= 15 is 0 Å². The smallest absolute Gasteiger partial charge is 0.266 e. The van der Waals surface area contributed by atoms with E-state index in [9.17, 15) is 9.18 Å². The summed E-state index contributed by atoms with van der Waals surface area (Å²) in [5, 5.41) is 0.593. The van der Waals surface area contributed by atoms with Gasteiger partial charge < -0.3 is 0 Å². The van der Waals surface area contributed by atoms with Crippen molar-refractivity contribution in [1.29, 1.82) is 0 Å². The van der Waals surface area contributed by atoms with Crippen LogP contribution in [-0.4, -0.2) is 32.0 Å². The van der Waals surface area contributed by atoms with E-state index in [-0.39, 0.29) is 10.9 Å². The molecule has 1 fully saturated rings. The molecule has 0 unspecified atom stereocenters. The van der Waals surface area contributed by atoms with Crippen molar-refractivity contribution >= 4 is 34.7 Å². The van der Waals surface area contributed by atoms with Crippen molar-refractivity contribution < 1.29 is 4.39 Å². The molecule has 5 nitrogen and oxygen atoms in total. The van der Waals surface area contributed by atoms with E-state index in [2.05, 4.69) is 16.8 Å². The lowest BCUT2D eigenvalue weighted by Gasteiger charge is -2.32. The van der Waals surface area contributed by atoms with E-state index in [0.29, 0.717) is 28.1 Å². The molecule has 2 aromatic heterocycles. The first-order chi connectivity index (χ1) is 17.0. The Hall–Kier alpha value is -3.35. The molecule has 0 aliphatic carbocycles. The highest BCUT2D eigenvalue weighted by molar-refractivity contribution is 6.32. The van der Waals surface area contributed by atoms with Crippen LogP contribution in [0.3, 0.4) is 0 Å². The molecule has 35 heavy (non-hydrogen) atoms. The first-order valence-corrected chi connectivity index (χ1v) is 12.2. The van der Waals surface area contributed by atoms with Gasteiger partial charge in [0.1, 0.15) is 11.6 Å². The predicted molar refractivity (Wildman–Crippen MR) is 139 cm³/mol. The van der Waals surface area contributed by atoms with Gasteiger partial charge in [-0.2, -0.15) is 0 Å². The maximum Gasteiger partial charge on any atom is 0.266 e. The van der Waals surface area contributed by atoms with E-state index in [1.54, 1.807) is 30.3 Å². The standard InChI is InChI=1S/C28H26ClFN4O/c1-19-7-4-5-16-33(19)18-22-9-6-8-21(31-22)13-15-27-32-25-14-12-20(30)17-23(25)28(35)34(27)26-11-3-2-10-24(26)29/h2-3,6,8-15,17,19H,4-5,7,16,18H2,1H3/b15-13+/t19-/m0/s1. The number of hydrogen-bond donors (Lipinski definition) is 0. The monoisotopic (exact) mass is 488 g/mol. The number of fused-ring (bicyclic) bond motifs is 1. The summed E-state index contributed by atoms with van der Waals surface area (Å²) in [6, 6.07) is 17.6. The van der Waals surface area contributed by atoms with Gasteiger partial charge in [0.25, 0.3) is 5.56 Å². The van der Waals surface area contributed by atoms with Crippen molar-refractivity contribution in [2.75, 3.05) is 6.54 Å². The summed E-state index contributed by atoms with van der Waals surface area (Å²) >= 11 is 6.42. The number of halogens is 2. The first kappa shape index (κ1) is 23.4. The van der Waals surface area contributed by atoms with Crippen LogP contribution in [0.1, 0.15) is 43.4 Å². The highest BCUT2D eigenvalue weighted by Gasteiger charge is 2.18. The van der Waals surface area contributed by atoms with E-state index in [1.807, 2.05) is 24.3 Å². The van der Waals surface area contributed by atoms with Gasteiger partial charge in [0.15, 0.2) is 0 Å². The number of para-hydroxylation sites is 1. The number of hydrogen-bond acceptors (Lipinski definition) is 4. The zero-order chi connectivity index (χ0) is 24.4. The molecule has 0 N–H and O–H groups in total. The second kappa shape index (κ2) is 10.1. The Labute approximate surface area is 208 Å². The van der Waals surface area contributed by atoms with Gasteiger partial charge in [0, 0.05) is 12.6 Å². The van der Waals surface area contributed by atoms with E-state index in [4.69, 9.17) is 16.6 Å². The van der Waals surface area contributed by atoms with E-state index in [0.717, 1.165) is 24.5 Å². The lowest BCUT2D eigenvalue weighted by atomic mass is 10.0. The highest BCUT2D eigenvalue weighted by atomic mass is 35.5. The molecular weight excluding hydrogens is 463 g/mol. The van der Waals surface area contributed by atoms with Gasteiger partial charge in [-0.15, -0.1) is 0 Å². The lowest BCUT2D eigenvalue weighted by Crippen LogP contribution is -2.36. The zero-order valence-electron chi connectivity index (χ0n) is 19.5. The SMILES string of the molecule is C[C@H]1CCCCN1Cc1cccc(/C=C/c2nc3ccc(F)cc3c(=O)n2-c2ccccc2Cl)n1. The fraction of sp³-hybridized carbons (Fsp3) is 0.250. The predicted octanol–water partition coefficient (Wildman–Crippen LogP) is 6.12. The van der Waals surface area contributed by atoms with E-state index < -0.39 is 5.82 Å². The van der Waals surface area contributed by atoms with Gasteiger partial charge in [-0.05, 0) is 80.9 Å². The summed E-state index contributed by atoms with van der Waals surface area (Å²) in [6.45, 7) is 4.18. The van der Waals surface area contributed by atoms with Crippen LogP contribution >= 0.6 is 11.6 Å². The zero-order valence-corrected chi connectivity index (χ0v) is 20.3. The number of rotatable bonds is 5. The minimum absolute atomic E-state index is 0.192. The minimum Gasteiger partial charge on any atom is -0.295 e. The normalized spacial score (nSPS) is 16.8. The van der Waals surface area contributed by atoms with Crippen molar-refractivity contribution in [3.05, 3.63) is 99.1 Å². The lowest BCUT2D eigenvalue weighted by molar-refractivity contribution is 0.151. The highest BCUT2D eigenvalue weighted by Crippen LogP contribution is 2.23. The Kier molecular flexibility index (Phi) is 6.75. The third-order valence-corrected chi connectivity index (χ3v) is 6.81. The van der Waals surface area contributed by atoms with Crippen LogP contribution in [0.5, 0.6) is 0 Å². The average molecular weight is 489 g/mol. The maximum absolute atomic E-state index is 13.9. The fourth-order valence-corrected chi connectivity index (χ4v) is 4.81. The Morgan fingerprint density at radius 3 is 2.74 bits per heavy atom. The molecule has 0 bridgehead atoms. The topological polar surface area (TPSA) is 51.0 Å². The molecule has 0 saturated carbocycles. The van der Waals surface area contributed by atoms with Crippen LogP contribution in [0.25, 0.3) is 28.7 Å². The molecule has 0 amide bonds. The van der Waals surface area contributed by atoms with Crippen LogP contribution in [0.15, 0.2) is 65.5 Å². The van der Waals surface area contributed by atoms with Crippen LogP contribution < -0.4 is 5.56 Å². The summed E-state index contributed by atoms with van der Waals surface area (Å²) < 4.78 is 15.3. The van der Waals surface area contributed by atoms with Crippen LogP contribution in [0, 0.1) is 5.82 Å². The molecule has 2 aromatic carbocycles. The summed E-state index contributed by atoms with van der Waals surface area (Å²) in [5.74, 6) is -0.103. The summed E-state index contributed by atoms with van der Waals surface area (Å²) in [6.07, 6.45) is 7.32. The van der Waals surface area contributed by atoms with Crippen LogP contribution in [0.4, 0.5) is 4.39 Å². The maximum atomic E-state index is 13.9. The minimum atomic E-state index is -0.491. The Morgan fingerprint density at radius 1 is 1.06 bits per heavy atom. The number of pyridine rings is 1. The van der Waals surface area contributed by atoms with Gasteiger partial charge in [-0.1, -0.05) is 36.2 Å². The van der Waals surface area contributed by atoms with Crippen molar-refractivity contribution in [2.45, 2.75) is 38.8 Å². The first-order valence-electron chi connectivity index (χ1n) is 11.8. The van der Waals surface area contributed by atoms with Crippen molar-refractivity contribution in [2.24, 2.45) is 0 Å².